The van der Waals surface area contributed by atoms with Gasteiger partial charge in [-0.3, -0.25) is 9.59 Å². The van der Waals surface area contributed by atoms with Crippen LogP contribution in [0.15, 0.2) is 0 Å². The first-order valence-electron chi connectivity index (χ1n) is 16.1. The molecule has 1 spiro atoms. The second-order valence-corrected chi connectivity index (χ2v) is 19.2. The van der Waals surface area contributed by atoms with Crippen molar-refractivity contribution >= 4 is 35.3 Å². The molecule has 5 rings (SSSR count). The van der Waals surface area contributed by atoms with Crippen LogP contribution in [0.1, 0.15) is 120 Å². The van der Waals surface area contributed by atoms with Crippen LogP contribution in [-0.2, 0) is 14.3 Å². The first kappa shape index (κ1) is 30.3. The van der Waals surface area contributed by atoms with E-state index >= 15 is 0 Å². The summed E-state index contributed by atoms with van der Waals surface area (Å²) in [7, 11) is 0. The number of carbonyl (C=O) groups excluding carboxylic acids is 2. The van der Waals surface area contributed by atoms with E-state index in [1.165, 1.54) is 43.6 Å². The number of hydrogen-bond donors (Lipinski definition) is 0. The lowest BCUT2D eigenvalue weighted by molar-refractivity contribution is -0.208. The van der Waals surface area contributed by atoms with Gasteiger partial charge in [-0.25, -0.2) is 0 Å². The topological polar surface area (TPSA) is 43.4 Å². The first-order valence-corrected chi connectivity index (χ1v) is 18.1. The van der Waals surface area contributed by atoms with Crippen LogP contribution in [0.25, 0.3) is 0 Å². The van der Waals surface area contributed by atoms with Gasteiger partial charge < -0.3 is 4.74 Å². The van der Waals surface area contributed by atoms with E-state index in [0.29, 0.717) is 29.5 Å². The van der Waals surface area contributed by atoms with Gasteiger partial charge in [0.15, 0.2) is 0 Å². The van der Waals surface area contributed by atoms with Crippen LogP contribution in [-0.4, -0.2) is 33.4 Å². The van der Waals surface area contributed by atoms with Gasteiger partial charge >= 0.3 is 5.97 Å². The fourth-order valence-corrected chi connectivity index (χ4v) is 15.2. The number of ketones is 1. The first-order chi connectivity index (χ1) is 18.1. The van der Waals surface area contributed by atoms with E-state index < -0.39 is 0 Å². The molecule has 9 atom stereocenters. The Morgan fingerprint density at radius 1 is 0.974 bits per heavy atom. The molecule has 5 heteroatoms. The molecular formula is C34H56O3S2. The maximum absolute atomic E-state index is 14.8. The van der Waals surface area contributed by atoms with Crippen LogP contribution < -0.4 is 0 Å². The molecule has 3 nitrogen and oxygen atoms in total. The standard InChI is InChI=1S/C34H56O3S2/c1-21(2)11-10-12-22(3)24-13-16-32(8)29-28(25(36)19-33(24,32)9)31(7)15-14-27(37-23(4)35)30(5,6)26(31)20-34(29)38-17-18-39-34/h21-22,24,26-29H,10-20H2,1-9H3. The third-order valence-corrected chi connectivity index (χ3v) is 17.0. The van der Waals surface area contributed by atoms with E-state index in [1.54, 1.807) is 6.92 Å². The van der Waals surface area contributed by atoms with Crippen molar-refractivity contribution in [2.45, 2.75) is 130 Å². The minimum absolute atomic E-state index is 0.0256. The highest BCUT2D eigenvalue weighted by atomic mass is 32.2. The molecule has 1 saturated heterocycles. The SMILES string of the molecule is CC(=O)OC1CCC2(C)C3C(=O)CC4(C)C(C(C)CCCC(C)C)CCC4(C)C3C3(CC2C1(C)C)SCCS3. The van der Waals surface area contributed by atoms with Crippen LogP contribution in [0.3, 0.4) is 0 Å². The molecule has 1 heterocycles. The summed E-state index contributed by atoms with van der Waals surface area (Å²) in [5, 5.41) is 0. The van der Waals surface area contributed by atoms with Gasteiger partial charge in [0.25, 0.3) is 0 Å². The minimum atomic E-state index is -0.166. The highest BCUT2D eigenvalue weighted by Crippen LogP contribution is 2.79. The lowest BCUT2D eigenvalue weighted by atomic mass is 9.37. The van der Waals surface area contributed by atoms with E-state index in [0.717, 1.165) is 31.6 Å². The fourth-order valence-electron chi connectivity index (χ4n) is 11.3. The number of rotatable bonds is 6. The molecule has 222 valence electrons. The third kappa shape index (κ3) is 4.51. The average molecular weight is 577 g/mol. The molecule has 5 fully saturated rings. The van der Waals surface area contributed by atoms with Gasteiger partial charge in [0.2, 0.25) is 0 Å². The number of Topliss-reactive ketones (excluding diaryl/α,β-unsaturated/α-hetero) is 1. The Labute approximate surface area is 247 Å². The van der Waals surface area contributed by atoms with E-state index in [-0.39, 0.29) is 43.7 Å². The van der Waals surface area contributed by atoms with Crippen molar-refractivity contribution in [1.29, 1.82) is 0 Å². The van der Waals surface area contributed by atoms with Crippen LogP contribution in [0, 0.1) is 57.2 Å². The van der Waals surface area contributed by atoms with E-state index in [9.17, 15) is 9.59 Å². The number of hydrogen-bond acceptors (Lipinski definition) is 5. The van der Waals surface area contributed by atoms with E-state index in [4.69, 9.17) is 4.74 Å². The number of esters is 1. The number of ether oxygens (including phenoxy) is 1. The predicted octanol–water partition coefficient (Wildman–Crippen LogP) is 9.03. The molecule has 0 amide bonds. The molecule has 0 aromatic heterocycles. The monoisotopic (exact) mass is 576 g/mol. The molecule has 0 radical (unpaired) electrons. The molecule has 0 aromatic rings. The summed E-state index contributed by atoms with van der Waals surface area (Å²) in [5.41, 5.74) is 0.123. The average Bonchev–Trinajstić information content (AvgIpc) is 3.39. The van der Waals surface area contributed by atoms with Crippen LogP contribution in [0.5, 0.6) is 0 Å². The molecule has 5 aliphatic rings. The van der Waals surface area contributed by atoms with Crippen molar-refractivity contribution in [3.8, 4) is 0 Å². The van der Waals surface area contributed by atoms with E-state index in [1.807, 2.05) is 0 Å². The fraction of sp³-hybridized carbons (Fsp3) is 0.941. The zero-order chi connectivity index (χ0) is 28.6. The Kier molecular flexibility index (Phi) is 7.95. The maximum atomic E-state index is 14.8. The van der Waals surface area contributed by atoms with Crippen LogP contribution in [0.2, 0.25) is 0 Å². The van der Waals surface area contributed by atoms with Gasteiger partial charge in [-0.15, -0.1) is 23.5 Å². The normalized spacial score (nSPS) is 45.1. The Hall–Kier alpha value is -0.160. The highest BCUT2D eigenvalue weighted by molar-refractivity contribution is 8.21. The second kappa shape index (κ2) is 10.2. The molecule has 0 N–H and O–H groups in total. The maximum Gasteiger partial charge on any atom is 0.302 e. The van der Waals surface area contributed by atoms with Crippen molar-refractivity contribution in [3.05, 3.63) is 0 Å². The third-order valence-electron chi connectivity index (χ3n) is 13.4. The second-order valence-electron chi connectivity index (χ2n) is 16.1. The summed E-state index contributed by atoms with van der Waals surface area (Å²) >= 11 is 4.40. The summed E-state index contributed by atoms with van der Waals surface area (Å²) in [5.74, 6) is 5.84. The van der Waals surface area contributed by atoms with Crippen LogP contribution >= 0.6 is 23.5 Å². The van der Waals surface area contributed by atoms with Gasteiger partial charge in [0, 0.05) is 36.2 Å². The van der Waals surface area contributed by atoms with Crippen molar-refractivity contribution in [2.75, 3.05) is 11.5 Å². The summed E-state index contributed by atoms with van der Waals surface area (Å²) in [6.07, 6.45) is 10.2. The van der Waals surface area contributed by atoms with Gasteiger partial charge in [0.1, 0.15) is 11.9 Å². The summed E-state index contributed by atoms with van der Waals surface area (Å²) in [4.78, 5) is 26.8. The lowest BCUT2D eigenvalue weighted by Gasteiger charge is -2.70. The van der Waals surface area contributed by atoms with Crippen molar-refractivity contribution in [2.24, 2.45) is 57.2 Å². The molecule has 0 aromatic carbocycles. The molecule has 39 heavy (non-hydrogen) atoms. The van der Waals surface area contributed by atoms with Gasteiger partial charge in [0.05, 0.1) is 4.08 Å². The highest BCUT2D eigenvalue weighted by Gasteiger charge is 2.75. The molecule has 1 aliphatic heterocycles. The summed E-state index contributed by atoms with van der Waals surface area (Å²) in [6.45, 7) is 21.1. The van der Waals surface area contributed by atoms with Crippen molar-refractivity contribution in [1.82, 2.24) is 0 Å². The number of carbonyl (C=O) groups is 2. The van der Waals surface area contributed by atoms with Crippen molar-refractivity contribution < 1.29 is 14.3 Å². The zero-order valence-corrected chi connectivity index (χ0v) is 28.0. The van der Waals surface area contributed by atoms with Crippen molar-refractivity contribution in [3.63, 3.8) is 0 Å². The molecule has 4 aliphatic carbocycles. The molecule has 4 saturated carbocycles. The number of fused-ring (bicyclic) bond motifs is 6. The largest absolute Gasteiger partial charge is 0.462 e. The van der Waals surface area contributed by atoms with Gasteiger partial charge in [-0.2, -0.15) is 0 Å². The lowest BCUT2D eigenvalue weighted by Crippen LogP contribution is -2.69. The minimum Gasteiger partial charge on any atom is -0.462 e. The zero-order valence-electron chi connectivity index (χ0n) is 26.4. The number of thioether (sulfide) groups is 2. The summed E-state index contributed by atoms with van der Waals surface area (Å²) in [6, 6.07) is 0. The Morgan fingerprint density at radius 3 is 2.26 bits per heavy atom. The Balaban J connectivity index is 1.54. The van der Waals surface area contributed by atoms with Crippen LogP contribution in [0.4, 0.5) is 0 Å². The quantitative estimate of drug-likeness (QED) is 0.295. The smallest absolute Gasteiger partial charge is 0.302 e. The molecule has 9 unspecified atom stereocenters. The van der Waals surface area contributed by atoms with Gasteiger partial charge in [-0.1, -0.05) is 74.7 Å². The van der Waals surface area contributed by atoms with E-state index in [2.05, 4.69) is 78.9 Å². The Bertz CT molecular complexity index is 969. The molecular weight excluding hydrogens is 521 g/mol. The van der Waals surface area contributed by atoms with Gasteiger partial charge in [-0.05, 0) is 77.9 Å². The molecule has 0 bridgehead atoms. The Morgan fingerprint density at radius 2 is 1.64 bits per heavy atom. The predicted molar refractivity (Wildman–Crippen MR) is 166 cm³/mol. The summed E-state index contributed by atoms with van der Waals surface area (Å²) < 4.78 is 6.07.